The smallest absolute Gasteiger partial charge is 0.322 e. The molecule has 0 saturated carbocycles. The summed E-state index contributed by atoms with van der Waals surface area (Å²) >= 11 is 0. The molecule has 0 aromatic carbocycles. The lowest BCUT2D eigenvalue weighted by molar-refractivity contribution is -0.145. The summed E-state index contributed by atoms with van der Waals surface area (Å²) in [5, 5.41) is 0. The monoisotopic (exact) mass is 187 g/mol. The molecule has 0 spiro atoms. The molecule has 0 aliphatic carbocycles. The molecule has 0 bridgehead atoms. The van der Waals surface area contributed by atoms with Gasteiger partial charge in [-0.15, -0.1) is 6.58 Å². The Labute approximate surface area is 78.7 Å². The maximum absolute atomic E-state index is 10.8. The molecule has 2 N–H and O–H groups in total. The SMILES string of the molecule is C=CCOCCCOC(=O)[C@H](C)N. The minimum atomic E-state index is -0.547. The molecular formula is C9H17NO3. The molecule has 0 aliphatic rings. The second-order valence-corrected chi connectivity index (χ2v) is 2.67. The van der Waals surface area contributed by atoms with Crippen LogP contribution in [0.25, 0.3) is 0 Å². The number of carbonyl (C=O) groups excluding carboxylic acids is 1. The van der Waals surface area contributed by atoms with E-state index in [1.165, 1.54) is 0 Å². The summed E-state index contributed by atoms with van der Waals surface area (Å²) in [5.74, 6) is -0.372. The number of hydrogen-bond donors (Lipinski definition) is 1. The highest BCUT2D eigenvalue weighted by Crippen LogP contribution is 1.88. The average molecular weight is 187 g/mol. The first-order valence-electron chi connectivity index (χ1n) is 4.29. The van der Waals surface area contributed by atoms with Gasteiger partial charge in [-0.3, -0.25) is 4.79 Å². The van der Waals surface area contributed by atoms with E-state index in [9.17, 15) is 4.79 Å². The molecule has 0 amide bonds. The van der Waals surface area contributed by atoms with Gasteiger partial charge in [0, 0.05) is 6.42 Å². The Bertz CT molecular complexity index is 157. The average Bonchev–Trinajstić information content (AvgIpc) is 2.10. The maximum Gasteiger partial charge on any atom is 0.322 e. The van der Waals surface area contributed by atoms with Crippen molar-refractivity contribution >= 4 is 5.97 Å². The number of rotatable bonds is 7. The Morgan fingerprint density at radius 2 is 2.31 bits per heavy atom. The van der Waals surface area contributed by atoms with Gasteiger partial charge < -0.3 is 15.2 Å². The van der Waals surface area contributed by atoms with Crippen LogP contribution in [-0.4, -0.2) is 31.8 Å². The first-order chi connectivity index (χ1) is 6.18. The van der Waals surface area contributed by atoms with E-state index >= 15 is 0 Å². The van der Waals surface area contributed by atoms with Gasteiger partial charge in [-0.2, -0.15) is 0 Å². The van der Waals surface area contributed by atoms with Crippen LogP contribution in [0.1, 0.15) is 13.3 Å². The minimum Gasteiger partial charge on any atom is -0.464 e. The molecule has 0 heterocycles. The molecule has 0 aromatic heterocycles. The van der Waals surface area contributed by atoms with Crippen molar-refractivity contribution in [3.8, 4) is 0 Å². The van der Waals surface area contributed by atoms with Crippen LogP contribution in [0, 0.1) is 0 Å². The molecule has 0 unspecified atom stereocenters. The van der Waals surface area contributed by atoms with Crippen LogP contribution in [0.15, 0.2) is 12.7 Å². The van der Waals surface area contributed by atoms with Crippen molar-refractivity contribution in [2.24, 2.45) is 5.73 Å². The second-order valence-electron chi connectivity index (χ2n) is 2.67. The fourth-order valence-corrected chi connectivity index (χ4v) is 0.632. The standard InChI is InChI=1S/C9H17NO3/c1-3-5-12-6-4-7-13-9(11)8(2)10/h3,8H,1,4-7,10H2,2H3/t8-/m0/s1. The third kappa shape index (κ3) is 7.49. The van der Waals surface area contributed by atoms with E-state index in [4.69, 9.17) is 15.2 Å². The topological polar surface area (TPSA) is 61.5 Å². The zero-order chi connectivity index (χ0) is 10.1. The van der Waals surface area contributed by atoms with E-state index in [0.29, 0.717) is 26.2 Å². The van der Waals surface area contributed by atoms with Crippen LogP contribution < -0.4 is 5.73 Å². The number of hydrogen-bond acceptors (Lipinski definition) is 4. The van der Waals surface area contributed by atoms with Crippen molar-refractivity contribution in [3.05, 3.63) is 12.7 Å². The first kappa shape index (κ1) is 12.1. The number of carbonyl (C=O) groups is 1. The highest BCUT2D eigenvalue weighted by Gasteiger charge is 2.07. The van der Waals surface area contributed by atoms with Crippen LogP contribution in [0.3, 0.4) is 0 Å². The number of ether oxygens (including phenoxy) is 2. The fraction of sp³-hybridized carbons (Fsp3) is 0.667. The lowest BCUT2D eigenvalue weighted by Gasteiger charge is -2.06. The summed E-state index contributed by atoms with van der Waals surface area (Å²) in [4.78, 5) is 10.8. The first-order valence-corrected chi connectivity index (χ1v) is 4.29. The van der Waals surface area contributed by atoms with E-state index in [0.717, 1.165) is 0 Å². The summed E-state index contributed by atoms with van der Waals surface area (Å²) in [7, 11) is 0. The summed E-state index contributed by atoms with van der Waals surface area (Å²) in [5.41, 5.74) is 5.28. The van der Waals surface area contributed by atoms with E-state index in [2.05, 4.69) is 6.58 Å². The lowest BCUT2D eigenvalue weighted by Crippen LogP contribution is -2.29. The summed E-state index contributed by atoms with van der Waals surface area (Å²) in [6.45, 7) is 6.55. The van der Waals surface area contributed by atoms with Crippen molar-refractivity contribution in [2.75, 3.05) is 19.8 Å². The van der Waals surface area contributed by atoms with Gasteiger partial charge in [0.05, 0.1) is 19.8 Å². The van der Waals surface area contributed by atoms with Gasteiger partial charge >= 0.3 is 5.97 Å². The molecule has 76 valence electrons. The van der Waals surface area contributed by atoms with Crippen molar-refractivity contribution in [2.45, 2.75) is 19.4 Å². The molecule has 13 heavy (non-hydrogen) atoms. The van der Waals surface area contributed by atoms with Gasteiger partial charge in [-0.25, -0.2) is 0 Å². The Hall–Kier alpha value is -0.870. The molecule has 0 fully saturated rings. The molecule has 4 nitrogen and oxygen atoms in total. The molecule has 0 aliphatic heterocycles. The number of nitrogens with two attached hydrogens (primary N) is 1. The van der Waals surface area contributed by atoms with Crippen LogP contribution >= 0.6 is 0 Å². The van der Waals surface area contributed by atoms with Gasteiger partial charge in [0.15, 0.2) is 0 Å². The largest absolute Gasteiger partial charge is 0.464 e. The van der Waals surface area contributed by atoms with Crippen molar-refractivity contribution in [1.29, 1.82) is 0 Å². The Balaban J connectivity index is 3.16. The van der Waals surface area contributed by atoms with Crippen LogP contribution in [0.4, 0.5) is 0 Å². The highest BCUT2D eigenvalue weighted by molar-refractivity contribution is 5.74. The fourth-order valence-electron chi connectivity index (χ4n) is 0.632. The van der Waals surface area contributed by atoms with Gasteiger partial charge in [-0.1, -0.05) is 6.08 Å². The van der Waals surface area contributed by atoms with Gasteiger partial charge in [0.2, 0.25) is 0 Å². The Morgan fingerprint density at radius 3 is 2.85 bits per heavy atom. The van der Waals surface area contributed by atoms with Gasteiger partial charge in [0.25, 0.3) is 0 Å². The highest BCUT2D eigenvalue weighted by atomic mass is 16.5. The second kappa shape index (κ2) is 7.76. The summed E-state index contributed by atoms with van der Waals surface area (Å²) in [6, 6.07) is -0.547. The van der Waals surface area contributed by atoms with Crippen LogP contribution in [0.2, 0.25) is 0 Å². The van der Waals surface area contributed by atoms with Crippen molar-refractivity contribution < 1.29 is 14.3 Å². The molecular weight excluding hydrogens is 170 g/mol. The van der Waals surface area contributed by atoms with Crippen LogP contribution in [-0.2, 0) is 14.3 Å². The Kier molecular flexibility index (Phi) is 7.24. The predicted octanol–water partition coefficient (Wildman–Crippen LogP) is 0.469. The van der Waals surface area contributed by atoms with E-state index in [-0.39, 0.29) is 5.97 Å². The Morgan fingerprint density at radius 1 is 1.62 bits per heavy atom. The van der Waals surface area contributed by atoms with Gasteiger partial charge in [-0.05, 0) is 6.92 Å². The molecule has 0 radical (unpaired) electrons. The maximum atomic E-state index is 10.8. The van der Waals surface area contributed by atoms with Crippen LogP contribution in [0.5, 0.6) is 0 Å². The summed E-state index contributed by atoms with van der Waals surface area (Å²) < 4.78 is 9.90. The minimum absolute atomic E-state index is 0.359. The summed E-state index contributed by atoms with van der Waals surface area (Å²) in [6.07, 6.45) is 2.36. The third-order valence-electron chi connectivity index (χ3n) is 1.28. The normalized spacial score (nSPS) is 12.2. The zero-order valence-electron chi connectivity index (χ0n) is 7.99. The molecule has 0 aromatic rings. The third-order valence-corrected chi connectivity index (χ3v) is 1.28. The van der Waals surface area contributed by atoms with E-state index < -0.39 is 6.04 Å². The van der Waals surface area contributed by atoms with Crippen molar-refractivity contribution in [3.63, 3.8) is 0 Å². The van der Waals surface area contributed by atoms with Gasteiger partial charge in [0.1, 0.15) is 6.04 Å². The molecule has 0 saturated heterocycles. The molecule has 1 atom stereocenters. The van der Waals surface area contributed by atoms with Crippen molar-refractivity contribution in [1.82, 2.24) is 0 Å². The number of esters is 1. The zero-order valence-corrected chi connectivity index (χ0v) is 7.99. The molecule has 0 rings (SSSR count). The van der Waals surface area contributed by atoms with E-state index in [1.807, 2.05) is 0 Å². The molecule has 4 heteroatoms. The lowest BCUT2D eigenvalue weighted by atomic mass is 10.4. The quantitative estimate of drug-likeness (QED) is 0.357. The predicted molar refractivity (Wildman–Crippen MR) is 50.2 cm³/mol. The van der Waals surface area contributed by atoms with E-state index in [1.54, 1.807) is 13.0 Å².